The van der Waals surface area contributed by atoms with Gasteiger partial charge >= 0.3 is 5.97 Å². The van der Waals surface area contributed by atoms with E-state index in [9.17, 15) is 17.6 Å². The molecule has 2 aromatic rings. The van der Waals surface area contributed by atoms with E-state index in [2.05, 4.69) is 9.36 Å². The number of aryl methyl sites for hydroxylation is 1. The lowest BCUT2D eigenvalue weighted by Crippen LogP contribution is -2.15. The molecule has 0 spiro atoms. The van der Waals surface area contributed by atoms with Crippen LogP contribution in [-0.2, 0) is 10.0 Å². The minimum absolute atomic E-state index is 0.0253. The van der Waals surface area contributed by atoms with Gasteiger partial charge in [0.05, 0.1) is 5.56 Å². The fourth-order valence-electron chi connectivity index (χ4n) is 1.35. The van der Waals surface area contributed by atoms with E-state index in [4.69, 9.17) is 5.11 Å². The Morgan fingerprint density at radius 3 is 2.70 bits per heavy atom. The number of aromatic carboxylic acids is 1. The summed E-state index contributed by atoms with van der Waals surface area (Å²) in [6.45, 7) is 1.57. The Labute approximate surface area is 117 Å². The van der Waals surface area contributed by atoms with E-state index in [0.717, 1.165) is 29.7 Å². The van der Waals surface area contributed by atoms with Crippen molar-refractivity contribution in [2.24, 2.45) is 0 Å². The Balaban J connectivity index is 2.43. The summed E-state index contributed by atoms with van der Waals surface area (Å²) in [5.74, 6) is -2.04. The highest BCUT2D eigenvalue weighted by Gasteiger charge is 2.22. The largest absolute Gasteiger partial charge is 0.478 e. The summed E-state index contributed by atoms with van der Waals surface area (Å²) in [7, 11) is -4.27. The molecule has 0 saturated carbocycles. The number of aromatic nitrogens is 2. The van der Waals surface area contributed by atoms with Crippen LogP contribution in [0.2, 0.25) is 0 Å². The maximum atomic E-state index is 13.6. The number of benzene rings is 1. The predicted octanol–water partition coefficient (Wildman–Crippen LogP) is 1.48. The monoisotopic (exact) mass is 317 g/mol. The van der Waals surface area contributed by atoms with Crippen molar-refractivity contribution in [3.8, 4) is 0 Å². The van der Waals surface area contributed by atoms with Gasteiger partial charge < -0.3 is 5.11 Å². The van der Waals surface area contributed by atoms with Crippen LogP contribution in [0.3, 0.4) is 0 Å². The van der Waals surface area contributed by atoms with Gasteiger partial charge in [0.1, 0.15) is 16.5 Å². The zero-order chi connectivity index (χ0) is 14.9. The van der Waals surface area contributed by atoms with Gasteiger partial charge in [0.2, 0.25) is 5.13 Å². The highest BCUT2D eigenvalue weighted by atomic mass is 32.2. The number of nitrogens with one attached hydrogen (secondary N) is 1. The minimum atomic E-state index is -4.27. The molecule has 0 amide bonds. The molecule has 106 valence electrons. The number of anilines is 1. The van der Waals surface area contributed by atoms with Crippen LogP contribution in [0.5, 0.6) is 0 Å². The molecule has 0 radical (unpaired) electrons. The summed E-state index contributed by atoms with van der Waals surface area (Å²) in [5, 5.41) is 8.78. The predicted molar refractivity (Wildman–Crippen MR) is 68.8 cm³/mol. The SMILES string of the molecule is Cc1nsc(NS(=O)(=O)c2cc(C(=O)O)ccc2F)n1. The third-order valence-electron chi connectivity index (χ3n) is 2.22. The Kier molecular flexibility index (Phi) is 3.68. The number of carbonyl (C=O) groups is 1. The van der Waals surface area contributed by atoms with Gasteiger partial charge in [-0.15, -0.1) is 0 Å². The second-order valence-electron chi connectivity index (χ2n) is 3.70. The summed E-state index contributed by atoms with van der Waals surface area (Å²) < 4.78 is 43.4. The maximum absolute atomic E-state index is 13.6. The minimum Gasteiger partial charge on any atom is -0.478 e. The average molecular weight is 317 g/mol. The number of sulfonamides is 1. The first-order valence-electron chi connectivity index (χ1n) is 5.15. The van der Waals surface area contributed by atoms with Crippen molar-refractivity contribution in [1.82, 2.24) is 9.36 Å². The van der Waals surface area contributed by atoms with Crippen LogP contribution >= 0.6 is 11.5 Å². The molecule has 0 atom stereocenters. The summed E-state index contributed by atoms with van der Waals surface area (Å²) >= 11 is 0.797. The lowest BCUT2D eigenvalue weighted by Gasteiger charge is -2.06. The number of halogens is 1. The Bertz CT molecular complexity index is 773. The van der Waals surface area contributed by atoms with E-state index >= 15 is 0 Å². The van der Waals surface area contributed by atoms with Crippen molar-refractivity contribution < 1.29 is 22.7 Å². The van der Waals surface area contributed by atoms with E-state index in [1.54, 1.807) is 6.92 Å². The normalized spacial score (nSPS) is 11.3. The molecule has 0 aliphatic carbocycles. The number of hydrogen-bond acceptors (Lipinski definition) is 6. The van der Waals surface area contributed by atoms with Gasteiger partial charge in [0, 0.05) is 11.5 Å². The summed E-state index contributed by atoms with van der Waals surface area (Å²) in [5.41, 5.74) is -0.333. The van der Waals surface area contributed by atoms with Crippen molar-refractivity contribution in [3.05, 3.63) is 35.4 Å². The Hall–Kier alpha value is -2.07. The first-order chi connectivity index (χ1) is 9.29. The number of nitrogens with zero attached hydrogens (tertiary/aromatic N) is 2. The molecule has 0 saturated heterocycles. The molecule has 0 fully saturated rings. The third kappa shape index (κ3) is 2.91. The average Bonchev–Trinajstić information content (AvgIpc) is 2.73. The Morgan fingerprint density at radius 2 is 2.15 bits per heavy atom. The lowest BCUT2D eigenvalue weighted by molar-refractivity contribution is 0.0696. The van der Waals surface area contributed by atoms with Crippen molar-refractivity contribution in [2.75, 3.05) is 4.72 Å². The summed E-state index contributed by atoms with van der Waals surface area (Å²) in [6.07, 6.45) is 0. The standard InChI is InChI=1S/C10H8FN3O4S2/c1-5-12-10(19-13-5)14-20(17,18)8-4-6(9(15)16)2-3-7(8)11/h2-4H,1H3,(H,15,16)(H,12,13,14). The van der Waals surface area contributed by atoms with E-state index in [-0.39, 0.29) is 10.7 Å². The fraction of sp³-hybridized carbons (Fsp3) is 0.100. The van der Waals surface area contributed by atoms with Crippen LogP contribution in [0.25, 0.3) is 0 Å². The van der Waals surface area contributed by atoms with Crippen molar-refractivity contribution in [2.45, 2.75) is 11.8 Å². The van der Waals surface area contributed by atoms with Gasteiger partial charge in [-0.3, -0.25) is 4.72 Å². The molecular weight excluding hydrogens is 309 g/mol. The van der Waals surface area contributed by atoms with Gasteiger partial charge in [0.15, 0.2) is 0 Å². The number of hydrogen-bond donors (Lipinski definition) is 2. The molecule has 20 heavy (non-hydrogen) atoms. The molecule has 0 aliphatic rings. The van der Waals surface area contributed by atoms with Crippen LogP contribution in [0.1, 0.15) is 16.2 Å². The molecule has 7 nitrogen and oxygen atoms in total. The summed E-state index contributed by atoms with van der Waals surface area (Å²) in [6, 6.07) is 2.50. The fourth-order valence-corrected chi connectivity index (χ4v) is 3.25. The lowest BCUT2D eigenvalue weighted by atomic mass is 10.2. The molecule has 0 aliphatic heterocycles. The second kappa shape index (κ2) is 5.13. The molecule has 1 aromatic carbocycles. The quantitative estimate of drug-likeness (QED) is 0.884. The molecule has 2 N–H and O–H groups in total. The van der Waals surface area contributed by atoms with Crippen LogP contribution in [0.15, 0.2) is 23.1 Å². The van der Waals surface area contributed by atoms with Gasteiger partial charge in [0.25, 0.3) is 10.0 Å². The molecule has 10 heteroatoms. The molecular formula is C10H8FN3O4S2. The van der Waals surface area contributed by atoms with E-state index in [1.165, 1.54) is 0 Å². The van der Waals surface area contributed by atoms with E-state index < -0.39 is 26.7 Å². The molecule has 1 aromatic heterocycles. The number of carboxylic acid groups (broad SMARTS) is 1. The zero-order valence-electron chi connectivity index (χ0n) is 9.99. The van der Waals surface area contributed by atoms with Gasteiger partial charge in [-0.05, 0) is 25.1 Å². The van der Waals surface area contributed by atoms with Gasteiger partial charge in [-0.2, -0.15) is 4.37 Å². The zero-order valence-corrected chi connectivity index (χ0v) is 11.6. The highest BCUT2D eigenvalue weighted by Crippen LogP contribution is 2.21. The van der Waals surface area contributed by atoms with Crippen LogP contribution in [-0.4, -0.2) is 28.9 Å². The highest BCUT2D eigenvalue weighted by molar-refractivity contribution is 7.93. The topological polar surface area (TPSA) is 109 Å². The van der Waals surface area contributed by atoms with Crippen LogP contribution < -0.4 is 4.72 Å². The smallest absolute Gasteiger partial charge is 0.335 e. The van der Waals surface area contributed by atoms with Gasteiger partial charge in [-0.25, -0.2) is 22.6 Å². The molecule has 0 unspecified atom stereocenters. The maximum Gasteiger partial charge on any atom is 0.335 e. The Morgan fingerprint density at radius 1 is 1.45 bits per heavy atom. The van der Waals surface area contributed by atoms with Crippen molar-refractivity contribution in [3.63, 3.8) is 0 Å². The summed E-state index contributed by atoms with van der Waals surface area (Å²) in [4.78, 5) is 13.8. The van der Waals surface area contributed by atoms with Crippen molar-refractivity contribution in [1.29, 1.82) is 0 Å². The first kappa shape index (κ1) is 14.3. The van der Waals surface area contributed by atoms with Crippen LogP contribution in [0, 0.1) is 12.7 Å². The van der Waals surface area contributed by atoms with Crippen molar-refractivity contribution >= 4 is 32.7 Å². The number of carboxylic acids is 1. The molecule has 1 heterocycles. The molecule has 2 rings (SSSR count). The second-order valence-corrected chi connectivity index (χ2v) is 6.11. The molecule has 0 bridgehead atoms. The van der Waals surface area contributed by atoms with E-state index in [1.807, 2.05) is 4.72 Å². The van der Waals surface area contributed by atoms with Gasteiger partial charge in [-0.1, -0.05) is 0 Å². The first-order valence-corrected chi connectivity index (χ1v) is 7.41. The van der Waals surface area contributed by atoms with Crippen LogP contribution in [0.4, 0.5) is 9.52 Å². The third-order valence-corrected chi connectivity index (χ3v) is 4.42. The number of rotatable bonds is 4. The van der Waals surface area contributed by atoms with E-state index in [0.29, 0.717) is 5.82 Å².